The van der Waals surface area contributed by atoms with Gasteiger partial charge in [-0.1, -0.05) is 0 Å². The number of anilines is 1. The molecule has 1 aromatic rings. The van der Waals surface area contributed by atoms with Gasteiger partial charge in [0.2, 0.25) is 5.88 Å². The maximum Gasteiger partial charge on any atom is 0.218 e. The number of nitrogens with zero attached hydrogens (tertiary/aromatic N) is 3. The molecule has 0 bridgehead atoms. The molecular weight excluding hydrogens is 182 g/mol. The molecular formula is C8H15N5O. The summed E-state index contributed by atoms with van der Waals surface area (Å²) in [4.78, 5) is 9.83. The van der Waals surface area contributed by atoms with Crippen molar-refractivity contribution < 1.29 is 4.74 Å². The standard InChI is InChI=1S/C8H15N5O/c1-13(2)3-4-14-8-5-7(12-9)10-6-11-8/h5-6H,3-4,9H2,1-2H3,(H,10,11,12). The molecule has 14 heavy (non-hydrogen) atoms. The van der Waals surface area contributed by atoms with Crippen molar-refractivity contribution in [3.8, 4) is 5.88 Å². The SMILES string of the molecule is CN(C)CCOc1cc(NN)ncn1. The van der Waals surface area contributed by atoms with E-state index >= 15 is 0 Å². The lowest BCUT2D eigenvalue weighted by atomic mass is 10.5. The van der Waals surface area contributed by atoms with Gasteiger partial charge in [-0.2, -0.15) is 0 Å². The summed E-state index contributed by atoms with van der Waals surface area (Å²) < 4.78 is 5.37. The largest absolute Gasteiger partial charge is 0.476 e. The van der Waals surface area contributed by atoms with Crippen molar-refractivity contribution >= 4 is 5.82 Å². The van der Waals surface area contributed by atoms with Gasteiger partial charge in [0.1, 0.15) is 18.8 Å². The molecule has 3 N–H and O–H groups in total. The summed E-state index contributed by atoms with van der Waals surface area (Å²) in [6.07, 6.45) is 1.40. The number of hydrazine groups is 1. The van der Waals surface area contributed by atoms with Crippen LogP contribution in [0.15, 0.2) is 12.4 Å². The zero-order valence-electron chi connectivity index (χ0n) is 8.40. The lowest BCUT2D eigenvalue weighted by Gasteiger charge is -2.10. The number of hydrogen-bond acceptors (Lipinski definition) is 6. The van der Waals surface area contributed by atoms with Crippen molar-refractivity contribution in [3.63, 3.8) is 0 Å². The highest BCUT2D eigenvalue weighted by molar-refractivity contribution is 5.35. The van der Waals surface area contributed by atoms with Gasteiger partial charge in [0.25, 0.3) is 0 Å². The Morgan fingerprint density at radius 2 is 2.29 bits per heavy atom. The molecule has 6 nitrogen and oxygen atoms in total. The smallest absolute Gasteiger partial charge is 0.218 e. The van der Waals surface area contributed by atoms with Crippen LogP contribution in [0.3, 0.4) is 0 Å². The monoisotopic (exact) mass is 197 g/mol. The maximum absolute atomic E-state index is 5.37. The Morgan fingerprint density at radius 3 is 2.93 bits per heavy atom. The van der Waals surface area contributed by atoms with E-state index in [9.17, 15) is 0 Å². The Labute approximate surface area is 83.1 Å². The van der Waals surface area contributed by atoms with Crippen molar-refractivity contribution in [2.24, 2.45) is 5.84 Å². The first-order chi connectivity index (χ1) is 6.72. The Hall–Kier alpha value is -1.40. The number of nitrogens with one attached hydrogen (secondary N) is 1. The van der Waals surface area contributed by atoms with Crippen LogP contribution >= 0.6 is 0 Å². The fourth-order valence-electron chi connectivity index (χ4n) is 0.830. The van der Waals surface area contributed by atoms with E-state index < -0.39 is 0 Å². The van der Waals surface area contributed by atoms with Crippen LogP contribution in [0.25, 0.3) is 0 Å². The third-order valence-electron chi connectivity index (χ3n) is 1.58. The molecule has 0 aliphatic rings. The van der Waals surface area contributed by atoms with E-state index in [1.807, 2.05) is 19.0 Å². The second-order valence-electron chi connectivity index (χ2n) is 3.04. The van der Waals surface area contributed by atoms with Crippen LogP contribution in [-0.4, -0.2) is 42.1 Å². The second kappa shape index (κ2) is 5.36. The molecule has 1 heterocycles. The maximum atomic E-state index is 5.37. The molecule has 0 aromatic carbocycles. The normalized spacial score (nSPS) is 10.3. The van der Waals surface area contributed by atoms with Crippen molar-refractivity contribution in [1.29, 1.82) is 0 Å². The molecule has 0 atom stereocenters. The molecule has 78 valence electrons. The van der Waals surface area contributed by atoms with Crippen molar-refractivity contribution in [2.45, 2.75) is 0 Å². The van der Waals surface area contributed by atoms with Gasteiger partial charge in [0, 0.05) is 12.6 Å². The van der Waals surface area contributed by atoms with Gasteiger partial charge in [-0.15, -0.1) is 0 Å². The third kappa shape index (κ3) is 3.55. The van der Waals surface area contributed by atoms with Crippen LogP contribution in [-0.2, 0) is 0 Å². The first-order valence-electron chi connectivity index (χ1n) is 4.28. The first kappa shape index (κ1) is 10.7. The lowest BCUT2D eigenvalue weighted by molar-refractivity contribution is 0.253. The van der Waals surface area contributed by atoms with Gasteiger partial charge in [0.05, 0.1) is 0 Å². The molecule has 0 amide bonds. The van der Waals surface area contributed by atoms with Gasteiger partial charge >= 0.3 is 0 Å². The molecule has 1 rings (SSSR count). The molecule has 0 aliphatic carbocycles. The summed E-state index contributed by atoms with van der Waals surface area (Å²) in [5, 5.41) is 0. The van der Waals surface area contributed by atoms with E-state index in [1.165, 1.54) is 6.33 Å². The van der Waals surface area contributed by atoms with Crippen LogP contribution in [0.1, 0.15) is 0 Å². The Kier molecular flexibility index (Phi) is 4.09. The fourth-order valence-corrected chi connectivity index (χ4v) is 0.830. The molecule has 0 saturated heterocycles. The van der Waals surface area contributed by atoms with Gasteiger partial charge in [-0.25, -0.2) is 15.8 Å². The van der Waals surface area contributed by atoms with E-state index in [4.69, 9.17) is 10.6 Å². The predicted octanol–water partition coefficient (Wildman–Crippen LogP) is -0.297. The number of likely N-dealkylation sites (N-methyl/N-ethyl adjacent to an activating group) is 1. The van der Waals surface area contributed by atoms with Crippen LogP contribution in [0.4, 0.5) is 5.82 Å². The van der Waals surface area contributed by atoms with Gasteiger partial charge in [-0.05, 0) is 14.1 Å². The number of nitrogen functional groups attached to an aromatic ring is 1. The zero-order chi connectivity index (χ0) is 10.4. The molecule has 0 aliphatic heterocycles. The average molecular weight is 197 g/mol. The summed E-state index contributed by atoms with van der Waals surface area (Å²) in [6, 6.07) is 1.65. The highest BCUT2D eigenvalue weighted by Gasteiger charge is 1.98. The van der Waals surface area contributed by atoms with Gasteiger partial charge < -0.3 is 15.1 Å². The van der Waals surface area contributed by atoms with E-state index in [0.717, 1.165) is 6.54 Å². The molecule has 0 unspecified atom stereocenters. The molecule has 0 fully saturated rings. The number of hydrogen-bond donors (Lipinski definition) is 2. The van der Waals surface area contributed by atoms with Gasteiger partial charge in [0.15, 0.2) is 0 Å². The summed E-state index contributed by atoms with van der Waals surface area (Å²) >= 11 is 0. The zero-order valence-corrected chi connectivity index (χ0v) is 8.40. The fraction of sp³-hybridized carbons (Fsp3) is 0.500. The van der Waals surface area contributed by atoms with Crippen LogP contribution < -0.4 is 16.0 Å². The van der Waals surface area contributed by atoms with E-state index in [1.54, 1.807) is 6.07 Å². The summed E-state index contributed by atoms with van der Waals surface area (Å²) in [5.41, 5.74) is 2.43. The van der Waals surface area contributed by atoms with Crippen molar-refractivity contribution in [2.75, 3.05) is 32.7 Å². The summed E-state index contributed by atoms with van der Waals surface area (Å²) in [7, 11) is 3.96. The molecule has 0 radical (unpaired) electrons. The Bertz CT molecular complexity index is 278. The average Bonchev–Trinajstić information content (AvgIpc) is 2.18. The molecule has 6 heteroatoms. The van der Waals surface area contributed by atoms with E-state index in [0.29, 0.717) is 18.3 Å². The molecule has 0 saturated carbocycles. The van der Waals surface area contributed by atoms with Gasteiger partial charge in [-0.3, -0.25) is 0 Å². The number of nitrogens with two attached hydrogens (primary N) is 1. The Balaban J connectivity index is 2.42. The van der Waals surface area contributed by atoms with Crippen LogP contribution in [0.2, 0.25) is 0 Å². The lowest BCUT2D eigenvalue weighted by Crippen LogP contribution is -2.19. The minimum atomic E-state index is 0.523. The number of rotatable bonds is 5. The van der Waals surface area contributed by atoms with Crippen molar-refractivity contribution in [3.05, 3.63) is 12.4 Å². The summed E-state index contributed by atoms with van der Waals surface area (Å²) in [5.74, 6) is 6.26. The molecule has 1 aromatic heterocycles. The first-order valence-corrected chi connectivity index (χ1v) is 4.28. The number of aromatic nitrogens is 2. The third-order valence-corrected chi connectivity index (χ3v) is 1.58. The van der Waals surface area contributed by atoms with Crippen LogP contribution in [0.5, 0.6) is 5.88 Å². The second-order valence-corrected chi connectivity index (χ2v) is 3.04. The predicted molar refractivity (Wildman–Crippen MR) is 53.9 cm³/mol. The minimum Gasteiger partial charge on any atom is -0.476 e. The minimum absolute atomic E-state index is 0.523. The molecule has 0 spiro atoms. The number of ether oxygens (including phenoxy) is 1. The quantitative estimate of drug-likeness (QED) is 0.498. The van der Waals surface area contributed by atoms with Crippen molar-refractivity contribution in [1.82, 2.24) is 14.9 Å². The highest BCUT2D eigenvalue weighted by Crippen LogP contribution is 2.09. The van der Waals surface area contributed by atoms with Crippen LogP contribution in [0, 0.1) is 0 Å². The van der Waals surface area contributed by atoms with E-state index in [2.05, 4.69) is 15.4 Å². The van der Waals surface area contributed by atoms with E-state index in [-0.39, 0.29) is 0 Å². The Morgan fingerprint density at radius 1 is 1.50 bits per heavy atom. The summed E-state index contributed by atoms with van der Waals surface area (Å²) in [6.45, 7) is 1.43. The topological polar surface area (TPSA) is 76.3 Å². The highest BCUT2D eigenvalue weighted by atomic mass is 16.5.